The van der Waals surface area contributed by atoms with E-state index < -0.39 is 13.0 Å². The molecule has 0 bridgehead atoms. The monoisotopic (exact) mass is 193 g/mol. The van der Waals surface area contributed by atoms with Crippen LogP contribution in [0.15, 0.2) is 12.1 Å². The van der Waals surface area contributed by atoms with E-state index in [9.17, 15) is 8.78 Å². The van der Waals surface area contributed by atoms with Crippen LogP contribution in [0, 0.1) is 0 Å². The number of hydrogen-bond donors (Lipinski definition) is 1. The molecule has 1 aromatic rings. The van der Waals surface area contributed by atoms with Crippen molar-refractivity contribution in [1.29, 1.82) is 0 Å². The second-order valence-corrected chi connectivity index (χ2v) is 2.52. The number of hydrogen-bond acceptors (Lipinski definition) is 2. The first kappa shape index (κ1) is 9.35. The highest BCUT2D eigenvalue weighted by atomic mass is 35.5. The van der Waals surface area contributed by atoms with Crippen LogP contribution in [0.4, 0.5) is 8.78 Å². The fourth-order valence-electron chi connectivity index (χ4n) is 0.811. The van der Waals surface area contributed by atoms with Crippen molar-refractivity contribution >= 4 is 11.6 Å². The van der Waals surface area contributed by atoms with Gasteiger partial charge in [0, 0.05) is 5.56 Å². The SMILES string of the molecule is OCc1nc(Cl)ccc1C(F)F. The molecule has 0 atom stereocenters. The maximum Gasteiger partial charge on any atom is 0.265 e. The summed E-state index contributed by atoms with van der Waals surface area (Å²) in [6.07, 6.45) is -2.63. The van der Waals surface area contributed by atoms with Crippen LogP contribution < -0.4 is 0 Å². The molecule has 0 aliphatic carbocycles. The Bertz CT molecular complexity index is 280. The summed E-state index contributed by atoms with van der Waals surface area (Å²) >= 11 is 5.43. The molecule has 0 saturated carbocycles. The van der Waals surface area contributed by atoms with Gasteiger partial charge in [-0.1, -0.05) is 11.6 Å². The molecule has 0 aromatic carbocycles. The van der Waals surface area contributed by atoms with Crippen LogP contribution in [-0.4, -0.2) is 10.1 Å². The Kier molecular flexibility index (Phi) is 2.94. The van der Waals surface area contributed by atoms with Crippen molar-refractivity contribution in [1.82, 2.24) is 4.98 Å². The fraction of sp³-hybridized carbons (Fsp3) is 0.286. The highest BCUT2D eigenvalue weighted by molar-refractivity contribution is 6.29. The fourth-order valence-corrected chi connectivity index (χ4v) is 0.976. The van der Waals surface area contributed by atoms with E-state index in [4.69, 9.17) is 16.7 Å². The molecule has 0 radical (unpaired) electrons. The smallest absolute Gasteiger partial charge is 0.265 e. The minimum absolute atomic E-state index is 0.0718. The van der Waals surface area contributed by atoms with E-state index in [1.54, 1.807) is 0 Å². The summed E-state index contributed by atoms with van der Waals surface area (Å²) in [7, 11) is 0. The summed E-state index contributed by atoms with van der Waals surface area (Å²) in [4.78, 5) is 3.55. The number of aromatic nitrogens is 1. The molecule has 2 nitrogen and oxygen atoms in total. The lowest BCUT2D eigenvalue weighted by atomic mass is 10.2. The standard InChI is InChI=1S/C7H6ClF2NO/c8-6-2-1-4(7(9)10)5(3-12)11-6/h1-2,7,12H,3H2. The van der Waals surface area contributed by atoms with Crippen LogP contribution in [0.3, 0.4) is 0 Å². The van der Waals surface area contributed by atoms with Gasteiger partial charge in [-0.05, 0) is 12.1 Å². The average molecular weight is 194 g/mol. The molecular weight excluding hydrogens is 188 g/mol. The molecule has 66 valence electrons. The third-order valence-corrected chi connectivity index (χ3v) is 1.57. The summed E-state index contributed by atoms with van der Waals surface area (Å²) in [5.41, 5.74) is -0.348. The van der Waals surface area contributed by atoms with Crippen LogP contribution >= 0.6 is 11.6 Å². The summed E-state index contributed by atoms with van der Waals surface area (Å²) in [6.45, 7) is -0.528. The van der Waals surface area contributed by atoms with E-state index >= 15 is 0 Å². The molecule has 0 unspecified atom stereocenters. The highest BCUT2D eigenvalue weighted by Crippen LogP contribution is 2.22. The van der Waals surface area contributed by atoms with Gasteiger partial charge in [0.05, 0.1) is 12.3 Å². The zero-order chi connectivity index (χ0) is 9.14. The van der Waals surface area contributed by atoms with E-state index in [1.165, 1.54) is 6.07 Å². The van der Waals surface area contributed by atoms with E-state index in [-0.39, 0.29) is 16.4 Å². The molecule has 5 heteroatoms. The minimum atomic E-state index is -2.63. The number of halogens is 3. The minimum Gasteiger partial charge on any atom is -0.390 e. The molecule has 0 amide bonds. The van der Waals surface area contributed by atoms with Gasteiger partial charge in [0.25, 0.3) is 6.43 Å². The summed E-state index contributed by atoms with van der Waals surface area (Å²) in [5.74, 6) is 0. The van der Waals surface area contributed by atoms with Gasteiger partial charge in [-0.25, -0.2) is 13.8 Å². The molecule has 1 N–H and O–H groups in total. The number of alkyl halides is 2. The molecule has 0 spiro atoms. The normalized spacial score (nSPS) is 10.8. The van der Waals surface area contributed by atoms with Crippen molar-refractivity contribution in [3.05, 3.63) is 28.5 Å². The van der Waals surface area contributed by atoms with Crippen molar-refractivity contribution in [3.63, 3.8) is 0 Å². The van der Waals surface area contributed by atoms with Crippen LogP contribution in [0.5, 0.6) is 0 Å². The van der Waals surface area contributed by atoms with Crippen LogP contribution in [-0.2, 0) is 6.61 Å². The lowest BCUT2D eigenvalue weighted by molar-refractivity contribution is 0.146. The molecule has 1 aromatic heterocycles. The zero-order valence-electron chi connectivity index (χ0n) is 5.97. The van der Waals surface area contributed by atoms with Crippen molar-refractivity contribution in [2.45, 2.75) is 13.0 Å². The van der Waals surface area contributed by atoms with Crippen molar-refractivity contribution in [2.24, 2.45) is 0 Å². The van der Waals surface area contributed by atoms with E-state index in [1.807, 2.05) is 0 Å². The molecule has 1 rings (SSSR count). The molecule has 0 saturated heterocycles. The maximum atomic E-state index is 12.2. The molecule has 12 heavy (non-hydrogen) atoms. The van der Waals surface area contributed by atoms with E-state index in [0.717, 1.165) is 6.07 Å². The summed E-state index contributed by atoms with van der Waals surface area (Å²) < 4.78 is 24.3. The van der Waals surface area contributed by atoms with Crippen LogP contribution in [0.2, 0.25) is 5.15 Å². The van der Waals surface area contributed by atoms with Gasteiger partial charge in [0.2, 0.25) is 0 Å². The number of rotatable bonds is 2. The quantitative estimate of drug-likeness (QED) is 0.731. The van der Waals surface area contributed by atoms with Crippen molar-refractivity contribution in [2.75, 3.05) is 0 Å². The first-order valence-electron chi connectivity index (χ1n) is 3.19. The first-order valence-corrected chi connectivity index (χ1v) is 3.57. The summed E-state index contributed by atoms with van der Waals surface area (Å²) in [5, 5.41) is 8.74. The predicted molar refractivity (Wildman–Crippen MR) is 40.1 cm³/mol. The van der Waals surface area contributed by atoms with Gasteiger partial charge in [-0.3, -0.25) is 0 Å². The van der Waals surface area contributed by atoms with E-state index in [0.29, 0.717) is 0 Å². The van der Waals surface area contributed by atoms with Gasteiger partial charge in [-0.2, -0.15) is 0 Å². The van der Waals surface area contributed by atoms with Crippen molar-refractivity contribution < 1.29 is 13.9 Å². The Morgan fingerprint density at radius 1 is 1.50 bits per heavy atom. The Hall–Kier alpha value is -0.740. The second-order valence-electron chi connectivity index (χ2n) is 2.13. The molecule has 0 aliphatic rings. The largest absolute Gasteiger partial charge is 0.390 e. The molecule has 0 fully saturated rings. The maximum absolute atomic E-state index is 12.2. The third kappa shape index (κ3) is 1.89. The molecule has 0 aliphatic heterocycles. The number of aliphatic hydroxyl groups excluding tert-OH is 1. The van der Waals surface area contributed by atoms with Crippen LogP contribution in [0.1, 0.15) is 17.7 Å². The third-order valence-electron chi connectivity index (χ3n) is 1.36. The molecule has 1 heterocycles. The Balaban J connectivity index is 3.11. The van der Waals surface area contributed by atoms with Gasteiger partial charge in [0.15, 0.2) is 0 Å². The highest BCUT2D eigenvalue weighted by Gasteiger charge is 2.13. The first-order chi connectivity index (χ1) is 5.65. The van der Waals surface area contributed by atoms with E-state index in [2.05, 4.69) is 4.98 Å². The Morgan fingerprint density at radius 3 is 2.67 bits per heavy atom. The second kappa shape index (κ2) is 3.78. The Labute approximate surface area is 72.8 Å². The van der Waals surface area contributed by atoms with Gasteiger partial charge >= 0.3 is 0 Å². The number of pyridine rings is 1. The lowest BCUT2D eigenvalue weighted by Crippen LogP contribution is -1.98. The van der Waals surface area contributed by atoms with Gasteiger partial charge in [0.1, 0.15) is 5.15 Å². The molecular formula is C7H6ClF2NO. The summed E-state index contributed by atoms with van der Waals surface area (Å²) in [6, 6.07) is 2.42. The lowest BCUT2D eigenvalue weighted by Gasteiger charge is -2.04. The topological polar surface area (TPSA) is 33.1 Å². The van der Waals surface area contributed by atoms with Gasteiger partial charge < -0.3 is 5.11 Å². The zero-order valence-corrected chi connectivity index (χ0v) is 6.72. The predicted octanol–water partition coefficient (Wildman–Crippen LogP) is 2.16. The van der Waals surface area contributed by atoms with Crippen molar-refractivity contribution in [3.8, 4) is 0 Å². The van der Waals surface area contributed by atoms with Crippen LogP contribution in [0.25, 0.3) is 0 Å². The van der Waals surface area contributed by atoms with Gasteiger partial charge in [-0.15, -0.1) is 0 Å². The Morgan fingerprint density at radius 2 is 2.17 bits per heavy atom. The number of aliphatic hydroxyl groups is 1. The average Bonchev–Trinajstić information content (AvgIpc) is 2.03. The number of nitrogens with zero attached hydrogens (tertiary/aromatic N) is 1.